The van der Waals surface area contributed by atoms with Crippen molar-refractivity contribution in [3.8, 4) is 0 Å². The maximum Gasteiger partial charge on any atom is 0.257 e. The SMILES string of the molecule is O=C(c1cccc(Cl)c1F)N1CCNCC12CCCCC2. The second-order valence-corrected chi connectivity index (χ2v) is 6.43. The van der Waals surface area contributed by atoms with Crippen molar-refractivity contribution in [1.82, 2.24) is 10.2 Å². The zero-order chi connectivity index (χ0) is 14.9. The summed E-state index contributed by atoms with van der Waals surface area (Å²) in [5, 5.41) is 3.40. The normalized spacial score (nSPS) is 21.5. The van der Waals surface area contributed by atoms with Crippen molar-refractivity contribution in [2.75, 3.05) is 19.6 Å². The van der Waals surface area contributed by atoms with E-state index in [9.17, 15) is 9.18 Å². The zero-order valence-electron chi connectivity index (χ0n) is 12.0. The Hall–Kier alpha value is -1.13. The van der Waals surface area contributed by atoms with Crippen molar-refractivity contribution in [2.45, 2.75) is 37.6 Å². The largest absolute Gasteiger partial charge is 0.330 e. The maximum absolute atomic E-state index is 14.2. The lowest BCUT2D eigenvalue weighted by Crippen LogP contribution is -2.63. The van der Waals surface area contributed by atoms with Gasteiger partial charge in [-0.15, -0.1) is 0 Å². The molecule has 1 aromatic carbocycles. The van der Waals surface area contributed by atoms with E-state index in [1.807, 2.05) is 4.90 Å². The molecule has 0 bridgehead atoms. The minimum absolute atomic E-state index is 0.00804. The zero-order valence-corrected chi connectivity index (χ0v) is 12.8. The van der Waals surface area contributed by atoms with E-state index >= 15 is 0 Å². The van der Waals surface area contributed by atoms with E-state index in [-0.39, 0.29) is 22.0 Å². The van der Waals surface area contributed by atoms with Crippen LogP contribution < -0.4 is 5.32 Å². The first-order chi connectivity index (χ1) is 10.1. The van der Waals surface area contributed by atoms with E-state index in [1.54, 1.807) is 6.07 Å². The monoisotopic (exact) mass is 310 g/mol. The molecule has 1 heterocycles. The Balaban J connectivity index is 1.92. The maximum atomic E-state index is 14.2. The predicted molar refractivity (Wildman–Crippen MR) is 81.1 cm³/mol. The number of nitrogens with one attached hydrogen (secondary N) is 1. The number of piperazine rings is 1. The number of hydrogen-bond donors (Lipinski definition) is 1. The number of carbonyl (C=O) groups excluding carboxylic acids is 1. The molecular formula is C16H20ClFN2O. The standard InChI is InChI=1S/C16H20ClFN2O/c17-13-6-4-5-12(14(13)18)15(21)20-10-9-19-11-16(20)7-2-1-3-8-16/h4-6,19H,1-3,7-11H2. The minimum Gasteiger partial charge on any atom is -0.330 e. The third kappa shape index (κ3) is 2.67. The van der Waals surface area contributed by atoms with E-state index in [0.29, 0.717) is 6.54 Å². The molecule has 1 aromatic rings. The molecule has 0 aromatic heterocycles. The lowest BCUT2D eigenvalue weighted by Gasteiger charge is -2.49. The molecule has 1 aliphatic carbocycles. The van der Waals surface area contributed by atoms with Gasteiger partial charge in [0.2, 0.25) is 0 Å². The number of carbonyl (C=O) groups is 1. The van der Waals surface area contributed by atoms with E-state index in [4.69, 9.17) is 11.6 Å². The first-order valence-corrected chi connectivity index (χ1v) is 7.99. The second kappa shape index (κ2) is 5.93. The number of halogens is 2. The molecule has 21 heavy (non-hydrogen) atoms. The summed E-state index contributed by atoms with van der Waals surface area (Å²) in [5.74, 6) is -0.827. The van der Waals surface area contributed by atoms with Gasteiger partial charge in [0, 0.05) is 19.6 Å². The van der Waals surface area contributed by atoms with Crippen molar-refractivity contribution in [2.24, 2.45) is 0 Å². The van der Waals surface area contributed by atoms with Gasteiger partial charge in [-0.2, -0.15) is 0 Å². The molecule has 1 spiro atoms. The third-order valence-electron chi connectivity index (χ3n) is 4.75. The number of rotatable bonds is 1. The molecule has 1 saturated carbocycles. The van der Waals surface area contributed by atoms with Gasteiger partial charge in [-0.3, -0.25) is 4.79 Å². The van der Waals surface area contributed by atoms with Gasteiger partial charge in [0.1, 0.15) is 0 Å². The summed E-state index contributed by atoms with van der Waals surface area (Å²) >= 11 is 5.82. The Morgan fingerprint density at radius 3 is 2.81 bits per heavy atom. The molecule has 0 unspecified atom stereocenters. The number of amides is 1. The van der Waals surface area contributed by atoms with Crippen LogP contribution in [-0.2, 0) is 0 Å². The van der Waals surface area contributed by atoms with E-state index in [0.717, 1.165) is 38.8 Å². The van der Waals surface area contributed by atoms with Crippen molar-refractivity contribution in [3.05, 3.63) is 34.6 Å². The highest BCUT2D eigenvalue weighted by molar-refractivity contribution is 6.31. The lowest BCUT2D eigenvalue weighted by atomic mass is 9.78. The molecule has 3 rings (SSSR count). The summed E-state index contributed by atoms with van der Waals surface area (Å²) < 4.78 is 14.2. The van der Waals surface area contributed by atoms with Gasteiger partial charge < -0.3 is 10.2 Å². The molecule has 3 nitrogen and oxygen atoms in total. The fourth-order valence-corrected chi connectivity index (χ4v) is 3.81. The smallest absolute Gasteiger partial charge is 0.257 e. The molecule has 5 heteroatoms. The van der Waals surface area contributed by atoms with Crippen LogP contribution in [0.2, 0.25) is 5.02 Å². The van der Waals surface area contributed by atoms with Crippen LogP contribution in [0.1, 0.15) is 42.5 Å². The average Bonchev–Trinajstić information content (AvgIpc) is 2.51. The van der Waals surface area contributed by atoms with Crippen molar-refractivity contribution in [3.63, 3.8) is 0 Å². The van der Waals surface area contributed by atoms with Crippen LogP contribution in [-0.4, -0.2) is 36.0 Å². The van der Waals surface area contributed by atoms with E-state index in [2.05, 4.69) is 5.32 Å². The highest BCUT2D eigenvalue weighted by Gasteiger charge is 2.42. The molecule has 0 atom stereocenters. The van der Waals surface area contributed by atoms with E-state index in [1.165, 1.54) is 18.6 Å². The van der Waals surface area contributed by atoms with E-state index < -0.39 is 5.82 Å². The number of hydrogen-bond acceptors (Lipinski definition) is 2. The number of nitrogens with zero attached hydrogens (tertiary/aromatic N) is 1. The Labute approximate surface area is 129 Å². The van der Waals surface area contributed by atoms with Crippen LogP contribution in [0.5, 0.6) is 0 Å². The van der Waals surface area contributed by atoms with Crippen LogP contribution in [0, 0.1) is 5.82 Å². The van der Waals surface area contributed by atoms with Crippen LogP contribution >= 0.6 is 11.6 Å². The van der Waals surface area contributed by atoms with Crippen LogP contribution in [0.15, 0.2) is 18.2 Å². The summed E-state index contributed by atoms with van der Waals surface area (Å²) in [4.78, 5) is 14.7. The summed E-state index contributed by atoms with van der Waals surface area (Å²) in [7, 11) is 0. The first kappa shape index (κ1) is 14.8. The molecule has 0 radical (unpaired) electrons. The third-order valence-corrected chi connectivity index (χ3v) is 5.04. The summed E-state index contributed by atoms with van der Waals surface area (Å²) in [6.07, 6.45) is 5.46. The molecule has 1 saturated heterocycles. The van der Waals surface area contributed by atoms with Gasteiger partial charge in [0.25, 0.3) is 5.91 Å². The van der Waals surface area contributed by atoms with Gasteiger partial charge in [0.05, 0.1) is 16.1 Å². The van der Waals surface area contributed by atoms with Crippen molar-refractivity contribution < 1.29 is 9.18 Å². The molecule has 1 aliphatic heterocycles. The average molecular weight is 311 g/mol. The van der Waals surface area contributed by atoms with Crippen molar-refractivity contribution >= 4 is 17.5 Å². The molecule has 114 valence electrons. The quantitative estimate of drug-likeness (QED) is 0.864. The Kier molecular flexibility index (Phi) is 4.18. The number of benzene rings is 1. The van der Waals surface area contributed by atoms with Gasteiger partial charge in [0.15, 0.2) is 5.82 Å². The second-order valence-electron chi connectivity index (χ2n) is 6.02. The molecular weight excluding hydrogens is 291 g/mol. The van der Waals surface area contributed by atoms with Gasteiger partial charge >= 0.3 is 0 Å². The molecule has 1 amide bonds. The Morgan fingerprint density at radius 2 is 2.05 bits per heavy atom. The predicted octanol–water partition coefficient (Wildman–Crippen LogP) is 3.23. The topological polar surface area (TPSA) is 32.3 Å². The lowest BCUT2D eigenvalue weighted by molar-refractivity contribution is 0.0219. The Morgan fingerprint density at radius 1 is 1.29 bits per heavy atom. The molecule has 1 N–H and O–H groups in total. The fraction of sp³-hybridized carbons (Fsp3) is 0.562. The van der Waals surface area contributed by atoms with Gasteiger partial charge in [-0.05, 0) is 25.0 Å². The highest BCUT2D eigenvalue weighted by atomic mass is 35.5. The van der Waals surface area contributed by atoms with Crippen molar-refractivity contribution in [1.29, 1.82) is 0 Å². The summed E-state index contributed by atoms with van der Waals surface area (Å²) in [5.41, 5.74) is -0.0585. The van der Waals surface area contributed by atoms with Crippen LogP contribution in [0.4, 0.5) is 4.39 Å². The van der Waals surface area contributed by atoms with Crippen LogP contribution in [0.25, 0.3) is 0 Å². The minimum atomic E-state index is -0.603. The summed E-state index contributed by atoms with van der Waals surface area (Å²) in [6.45, 7) is 2.20. The van der Waals surface area contributed by atoms with Crippen LogP contribution in [0.3, 0.4) is 0 Å². The molecule has 2 aliphatic rings. The molecule has 2 fully saturated rings. The Bertz CT molecular complexity index is 535. The first-order valence-electron chi connectivity index (χ1n) is 7.61. The van der Waals surface area contributed by atoms with Gasteiger partial charge in [-0.1, -0.05) is 36.9 Å². The highest BCUT2D eigenvalue weighted by Crippen LogP contribution is 2.36. The summed E-state index contributed by atoms with van der Waals surface area (Å²) in [6, 6.07) is 4.64. The fourth-order valence-electron chi connectivity index (χ4n) is 3.63. The van der Waals surface area contributed by atoms with Gasteiger partial charge in [-0.25, -0.2) is 4.39 Å².